The fraction of sp³-hybridized carbons (Fsp3) is 0.0769. The van der Waals surface area contributed by atoms with Crippen molar-refractivity contribution in [2.45, 2.75) is 6.92 Å². The SMILES string of the molecule is CC(=O)O/N=C\c1ccc(-c2cccc(Br)c2)o1. The second kappa shape index (κ2) is 5.64. The molecular formula is C13H10BrNO3. The summed E-state index contributed by atoms with van der Waals surface area (Å²) in [5.41, 5.74) is 0.955. The maximum absolute atomic E-state index is 10.5. The van der Waals surface area contributed by atoms with Crippen LogP contribution in [0.5, 0.6) is 0 Å². The van der Waals surface area contributed by atoms with Crippen LogP contribution in [-0.4, -0.2) is 12.2 Å². The number of carbonyl (C=O) groups is 1. The van der Waals surface area contributed by atoms with Crippen molar-refractivity contribution in [2.24, 2.45) is 5.16 Å². The van der Waals surface area contributed by atoms with Crippen LogP contribution in [0.3, 0.4) is 0 Å². The van der Waals surface area contributed by atoms with Crippen LogP contribution in [0.25, 0.3) is 11.3 Å². The van der Waals surface area contributed by atoms with Gasteiger partial charge in [-0.2, -0.15) is 0 Å². The number of nitrogens with zero attached hydrogens (tertiary/aromatic N) is 1. The number of rotatable bonds is 3. The van der Waals surface area contributed by atoms with Crippen LogP contribution < -0.4 is 0 Å². The Labute approximate surface area is 112 Å². The molecule has 0 N–H and O–H groups in total. The average molecular weight is 308 g/mol. The Kier molecular flexibility index (Phi) is 3.94. The van der Waals surface area contributed by atoms with E-state index in [2.05, 4.69) is 25.9 Å². The third-order valence-corrected chi connectivity index (χ3v) is 2.59. The maximum atomic E-state index is 10.5. The molecule has 4 nitrogen and oxygen atoms in total. The van der Waals surface area contributed by atoms with Gasteiger partial charge in [0.15, 0.2) is 0 Å². The third kappa shape index (κ3) is 3.30. The first-order valence-corrected chi connectivity index (χ1v) is 6.01. The van der Waals surface area contributed by atoms with Gasteiger partial charge in [0.05, 0.1) is 0 Å². The van der Waals surface area contributed by atoms with Crippen molar-refractivity contribution >= 4 is 28.1 Å². The quantitative estimate of drug-likeness (QED) is 0.494. The summed E-state index contributed by atoms with van der Waals surface area (Å²) in [6.07, 6.45) is 1.35. The minimum absolute atomic E-state index is 0.468. The first-order valence-electron chi connectivity index (χ1n) is 5.22. The summed E-state index contributed by atoms with van der Waals surface area (Å²) in [5.74, 6) is 0.775. The van der Waals surface area contributed by atoms with E-state index in [-0.39, 0.29) is 0 Å². The predicted molar refractivity (Wildman–Crippen MR) is 71.2 cm³/mol. The zero-order chi connectivity index (χ0) is 13.0. The Balaban J connectivity index is 2.15. The van der Waals surface area contributed by atoms with E-state index in [4.69, 9.17) is 4.42 Å². The molecule has 0 radical (unpaired) electrons. The number of benzene rings is 1. The monoisotopic (exact) mass is 307 g/mol. The lowest BCUT2D eigenvalue weighted by Gasteiger charge is -1.96. The van der Waals surface area contributed by atoms with Crippen molar-refractivity contribution in [3.63, 3.8) is 0 Å². The molecule has 0 atom stereocenters. The Morgan fingerprint density at radius 1 is 1.39 bits per heavy atom. The molecule has 5 heteroatoms. The van der Waals surface area contributed by atoms with Crippen LogP contribution in [0.15, 0.2) is 50.4 Å². The first-order chi connectivity index (χ1) is 8.65. The predicted octanol–water partition coefficient (Wildman–Crippen LogP) is 3.61. The molecular weight excluding hydrogens is 298 g/mol. The molecule has 1 aromatic heterocycles. The average Bonchev–Trinajstić information content (AvgIpc) is 2.77. The fourth-order valence-electron chi connectivity index (χ4n) is 1.37. The molecule has 0 saturated heterocycles. The summed E-state index contributed by atoms with van der Waals surface area (Å²) >= 11 is 3.40. The lowest BCUT2D eigenvalue weighted by atomic mass is 10.2. The van der Waals surface area contributed by atoms with Gasteiger partial charge in [0, 0.05) is 17.0 Å². The lowest BCUT2D eigenvalue weighted by molar-refractivity contribution is -0.140. The molecule has 0 saturated carbocycles. The lowest BCUT2D eigenvalue weighted by Crippen LogP contribution is -1.90. The molecule has 0 aliphatic heterocycles. The van der Waals surface area contributed by atoms with E-state index in [1.54, 1.807) is 6.07 Å². The van der Waals surface area contributed by atoms with Crippen LogP contribution >= 0.6 is 15.9 Å². The van der Waals surface area contributed by atoms with Gasteiger partial charge in [0.1, 0.15) is 17.7 Å². The molecule has 0 bridgehead atoms. The third-order valence-electron chi connectivity index (χ3n) is 2.10. The van der Waals surface area contributed by atoms with Gasteiger partial charge in [0.2, 0.25) is 0 Å². The van der Waals surface area contributed by atoms with Gasteiger partial charge in [0.25, 0.3) is 0 Å². The summed E-state index contributed by atoms with van der Waals surface area (Å²) in [7, 11) is 0. The number of hydrogen-bond acceptors (Lipinski definition) is 4. The Morgan fingerprint density at radius 2 is 2.22 bits per heavy atom. The van der Waals surface area contributed by atoms with E-state index in [0.717, 1.165) is 15.8 Å². The maximum Gasteiger partial charge on any atom is 0.331 e. The summed E-state index contributed by atoms with van der Waals surface area (Å²) in [4.78, 5) is 15.0. The van der Waals surface area contributed by atoms with Crippen molar-refractivity contribution in [3.8, 4) is 11.3 Å². The zero-order valence-corrected chi connectivity index (χ0v) is 11.2. The molecule has 0 fully saturated rings. The molecule has 0 spiro atoms. The van der Waals surface area contributed by atoms with Crippen LogP contribution in [0.4, 0.5) is 0 Å². The normalized spacial score (nSPS) is 10.8. The number of hydrogen-bond donors (Lipinski definition) is 0. The molecule has 18 heavy (non-hydrogen) atoms. The van der Waals surface area contributed by atoms with Crippen molar-refractivity contribution in [3.05, 3.63) is 46.6 Å². The molecule has 0 aliphatic rings. The fourth-order valence-corrected chi connectivity index (χ4v) is 1.77. The molecule has 0 aliphatic carbocycles. The van der Waals surface area contributed by atoms with Crippen LogP contribution in [0.1, 0.15) is 12.7 Å². The molecule has 2 rings (SSSR count). The van der Waals surface area contributed by atoms with Gasteiger partial charge in [-0.1, -0.05) is 33.2 Å². The smallest absolute Gasteiger partial charge is 0.331 e. The van der Waals surface area contributed by atoms with Gasteiger partial charge in [-0.3, -0.25) is 0 Å². The Hall–Kier alpha value is -1.88. The molecule has 0 amide bonds. The van der Waals surface area contributed by atoms with Gasteiger partial charge in [-0.25, -0.2) is 4.79 Å². The summed E-state index contributed by atoms with van der Waals surface area (Å²) in [6.45, 7) is 1.28. The highest BCUT2D eigenvalue weighted by Gasteiger charge is 2.03. The highest BCUT2D eigenvalue weighted by molar-refractivity contribution is 9.10. The van der Waals surface area contributed by atoms with E-state index in [0.29, 0.717) is 5.76 Å². The van der Waals surface area contributed by atoms with Crippen molar-refractivity contribution in [1.29, 1.82) is 0 Å². The molecule has 0 unspecified atom stereocenters. The van der Waals surface area contributed by atoms with Gasteiger partial charge >= 0.3 is 5.97 Å². The van der Waals surface area contributed by atoms with E-state index in [9.17, 15) is 4.79 Å². The largest absolute Gasteiger partial charge is 0.455 e. The van der Waals surface area contributed by atoms with Crippen molar-refractivity contribution < 1.29 is 14.0 Å². The summed E-state index contributed by atoms with van der Waals surface area (Å²) in [5, 5.41) is 3.49. The van der Waals surface area contributed by atoms with Crippen LogP contribution in [0.2, 0.25) is 0 Å². The zero-order valence-electron chi connectivity index (χ0n) is 9.59. The number of furan rings is 1. The number of oxime groups is 1. The van der Waals surface area contributed by atoms with E-state index in [1.165, 1.54) is 13.1 Å². The highest BCUT2D eigenvalue weighted by atomic mass is 79.9. The van der Waals surface area contributed by atoms with Crippen LogP contribution in [-0.2, 0) is 9.63 Å². The Morgan fingerprint density at radius 3 is 2.94 bits per heavy atom. The molecule has 2 aromatic rings. The number of carbonyl (C=O) groups excluding carboxylic acids is 1. The van der Waals surface area contributed by atoms with Crippen molar-refractivity contribution in [1.82, 2.24) is 0 Å². The molecule has 92 valence electrons. The van der Waals surface area contributed by atoms with Gasteiger partial charge in [-0.15, -0.1) is 0 Å². The minimum atomic E-state index is -0.468. The van der Waals surface area contributed by atoms with E-state index in [1.807, 2.05) is 30.3 Å². The van der Waals surface area contributed by atoms with E-state index < -0.39 is 5.97 Å². The second-order valence-corrected chi connectivity index (χ2v) is 4.45. The molecule has 1 aromatic carbocycles. The summed E-state index contributed by atoms with van der Waals surface area (Å²) in [6, 6.07) is 11.3. The topological polar surface area (TPSA) is 51.8 Å². The summed E-state index contributed by atoms with van der Waals surface area (Å²) < 4.78 is 6.52. The second-order valence-electron chi connectivity index (χ2n) is 3.53. The first kappa shape index (κ1) is 12.6. The van der Waals surface area contributed by atoms with Crippen molar-refractivity contribution in [2.75, 3.05) is 0 Å². The van der Waals surface area contributed by atoms with Gasteiger partial charge in [-0.05, 0) is 24.3 Å². The van der Waals surface area contributed by atoms with E-state index >= 15 is 0 Å². The van der Waals surface area contributed by atoms with Gasteiger partial charge < -0.3 is 9.25 Å². The van der Waals surface area contributed by atoms with Crippen LogP contribution in [0, 0.1) is 0 Å². The standard InChI is InChI=1S/C13H10BrNO3/c1-9(16)18-15-8-12-5-6-13(17-12)10-3-2-4-11(14)7-10/h2-8H,1H3/b15-8-. The Bertz CT molecular complexity index is 589. The highest BCUT2D eigenvalue weighted by Crippen LogP contribution is 2.24. The minimum Gasteiger partial charge on any atom is -0.455 e. The number of halogens is 1. The molecule has 1 heterocycles.